The Balaban J connectivity index is 2.83. The van der Waals surface area contributed by atoms with Crippen LogP contribution in [0.25, 0.3) is 10.9 Å². The lowest BCUT2D eigenvalue weighted by Crippen LogP contribution is -1.93. The van der Waals surface area contributed by atoms with Gasteiger partial charge in [0.2, 0.25) is 0 Å². The van der Waals surface area contributed by atoms with Crippen LogP contribution in [0.2, 0.25) is 0 Å². The number of fused-ring (bicyclic) bond motifs is 1. The van der Waals surface area contributed by atoms with E-state index in [1.165, 1.54) is 7.11 Å². The van der Waals surface area contributed by atoms with Crippen molar-refractivity contribution < 1.29 is 9.53 Å². The highest BCUT2D eigenvalue weighted by Gasteiger charge is 2.07. The van der Waals surface area contributed by atoms with E-state index in [1.807, 2.05) is 18.2 Å². The van der Waals surface area contributed by atoms with E-state index < -0.39 is 0 Å². The minimum Gasteiger partial charge on any atom is -0.496 e. The maximum absolute atomic E-state index is 10.9. The Morgan fingerprint density at radius 3 is 2.93 bits per heavy atom. The molecular weight excluding hydrogens is 178 g/mol. The highest BCUT2D eigenvalue weighted by atomic mass is 16.5. The fraction of sp³-hybridized carbons (Fsp3) is 0.0909. The molecule has 1 heterocycles. The van der Waals surface area contributed by atoms with Crippen LogP contribution >= 0.6 is 0 Å². The zero-order valence-electron chi connectivity index (χ0n) is 7.73. The summed E-state index contributed by atoms with van der Waals surface area (Å²) in [5, 5.41) is 0.940. The number of pyridine rings is 1. The minimum absolute atomic E-state index is 0.505. The Morgan fingerprint density at radius 2 is 2.21 bits per heavy atom. The number of aromatic nitrogens is 1. The molecule has 0 fully saturated rings. The fourth-order valence-electron chi connectivity index (χ4n) is 1.44. The van der Waals surface area contributed by atoms with Gasteiger partial charge in [-0.25, -0.2) is 0 Å². The van der Waals surface area contributed by atoms with Crippen molar-refractivity contribution in [2.75, 3.05) is 7.11 Å². The third kappa shape index (κ3) is 1.23. The number of ether oxygens (including phenoxy) is 1. The third-order valence-electron chi connectivity index (χ3n) is 2.11. The molecule has 70 valence electrons. The van der Waals surface area contributed by atoms with Crippen LogP contribution in [-0.4, -0.2) is 18.4 Å². The Labute approximate surface area is 81.3 Å². The molecule has 1 aromatic heterocycles. The molecule has 3 nitrogen and oxygen atoms in total. The largest absolute Gasteiger partial charge is 0.496 e. The lowest BCUT2D eigenvalue weighted by atomic mass is 10.1. The van der Waals surface area contributed by atoms with Crippen molar-refractivity contribution in [2.24, 2.45) is 0 Å². The van der Waals surface area contributed by atoms with Crippen LogP contribution in [0.15, 0.2) is 30.5 Å². The van der Waals surface area contributed by atoms with Gasteiger partial charge in [0.15, 0.2) is 6.29 Å². The first-order valence-corrected chi connectivity index (χ1v) is 4.23. The molecular formula is C11H9NO2. The number of carbonyl (C=O) groups is 1. The average molecular weight is 187 g/mol. The molecule has 0 saturated heterocycles. The lowest BCUT2D eigenvalue weighted by molar-refractivity contribution is 0.112. The molecule has 0 aliphatic rings. The van der Waals surface area contributed by atoms with Crippen LogP contribution in [0.4, 0.5) is 0 Å². The molecule has 0 atom stereocenters. The van der Waals surface area contributed by atoms with Crippen molar-refractivity contribution >= 4 is 17.2 Å². The van der Waals surface area contributed by atoms with Gasteiger partial charge < -0.3 is 4.74 Å². The minimum atomic E-state index is 0.505. The van der Waals surface area contributed by atoms with Crippen molar-refractivity contribution in [2.45, 2.75) is 0 Å². The van der Waals surface area contributed by atoms with Gasteiger partial charge in [-0.2, -0.15) is 0 Å². The van der Waals surface area contributed by atoms with Crippen LogP contribution in [0.3, 0.4) is 0 Å². The molecule has 0 bridgehead atoms. The molecule has 1 aromatic carbocycles. The Hall–Kier alpha value is -1.90. The number of rotatable bonds is 2. The quantitative estimate of drug-likeness (QED) is 0.675. The summed E-state index contributed by atoms with van der Waals surface area (Å²) in [5.74, 6) is 0.561. The SMILES string of the molecule is COc1ccc2cccnc2c1C=O. The van der Waals surface area contributed by atoms with Gasteiger partial charge >= 0.3 is 0 Å². The first-order chi connectivity index (χ1) is 6.86. The predicted octanol–water partition coefficient (Wildman–Crippen LogP) is 2.06. The van der Waals surface area contributed by atoms with Gasteiger partial charge in [-0.1, -0.05) is 6.07 Å². The summed E-state index contributed by atoms with van der Waals surface area (Å²) in [6.45, 7) is 0. The number of benzene rings is 1. The average Bonchev–Trinajstić information content (AvgIpc) is 2.27. The lowest BCUT2D eigenvalue weighted by Gasteiger charge is -2.05. The number of carbonyl (C=O) groups excluding carboxylic acids is 1. The van der Waals surface area contributed by atoms with Crippen LogP contribution in [0, 0.1) is 0 Å². The maximum atomic E-state index is 10.9. The summed E-state index contributed by atoms with van der Waals surface area (Å²) >= 11 is 0. The summed E-state index contributed by atoms with van der Waals surface area (Å²) in [5.41, 5.74) is 1.19. The van der Waals surface area contributed by atoms with Crippen LogP contribution in [-0.2, 0) is 0 Å². The summed E-state index contributed by atoms with van der Waals surface area (Å²) < 4.78 is 5.07. The van der Waals surface area contributed by atoms with Crippen LogP contribution in [0.5, 0.6) is 5.75 Å². The molecule has 2 aromatic rings. The van der Waals surface area contributed by atoms with Crippen molar-refractivity contribution in [1.29, 1.82) is 0 Å². The molecule has 3 heteroatoms. The Morgan fingerprint density at radius 1 is 1.36 bits per heavy atom. The number of methoxy groups -OCH3 is 1. The number of aldehydes is 1. The topological polar surface area (TPSA) is 39.2 Å². The standard InChI is InChI=1S/C11H9NO2/c1-14-10-5-4-8-3-2-6-12-11(8)9(10)7-13/h2-7H,1H3. The Kier molecular flexibility index (Phi) is 2.14. The summed E-state index contributed by atoms with van der Waals surface area (Å²) in [7, 11) is 1.54. The van der Waals surface area contributed by atoms with Gasteiger partial charge in [-0.05, 0) is 18.2 Å². The monoisotopic (exact) mass is 187 g/mol. The molecule has 0 saturated carbocycles. The molecule has 14 heavy (non-hydrogen) atoms. The van der Waals surface area contributed by atoms with Crippen molar-refractivity contribution in [3.05, 3.63) is 36.0 Å². The molecule has 0 aliphatic heterocycles. The molecule has 0 unspecified atom stereocenters. The number of hydrogen-bond acceptors (Lipinski definition) is 3. The second-order valence-corrected chi connectivity index (χ2v) is 2.87. The summed E-state index contributed by atoms with van der Waals surface area (Å²) in [6, 6.07) is 7.40. The highest BCUT2D eigenvalue weighted by Crippen LogP contribution is 2.24. The zero-order chi connectivity index (χ0) is 9.97. The van der Waals surface area contributed by atoms with E-state index in [0.29, 0.717) is 16.8 Å². The summed E-state index contributed by atoms with van der Waals surface area (Å²) in [4.78, 5) is 15.0. The van der Waals surface area contributed by atoms with Gasteiger partial charge in [0, 0.05) is 11.6 Å². The molecule has 0 N–H and O–H groups in total. The zero-order valence-corrected chi connectivity index (χ0v) is 7.73. The van der Waals surface area contributed by atoms with Crippen molar-refractivity contribution in [1.82, 2.24) is 4.98 Å². The van der Waals surface area contributed by atoms with Crippen molar-refractivity contribution in [3.8, 4) is 5.75 Å². The second kappa shape index (κ2) is 3.46. The third-order valence-corrected chi connectivity index (χ3v) is 2.11. The Bertz CT molecular complexity index is 480. The van der Waals surface area contributed by atoms with Crippen LogP contribution < -0.4 is 4.74 Å². The van der Waals surface area contributed by atoms with E-state index in [2.05, 4.69) is 4.98 Å². The van der Waals surface area contributed by atoms with Gasteiger partial charge in [0.1, 0.15) is 5.75 Å². The van der Waals surface area contributed by atoms with Gasteiger partial charge in [-0.3, -0.25) is 9.78 Å². The molecule has 0 amide bonds. The highest BCUT2D eigenvalue weighted by molar-refractivity contribution is 5.98. The van der Waals surface area contributed by atoms with E-state index in [1.54, 1.807) is 12.3 Å². The van der Waals surface area contributed by atoms with Gasteiger partial charge in [0.25, 0.3) is 0 Å². The normalized spacial score (nSPS) is 10.1. The van der Waals surface area contributed by atoms with E-state index >= 15 is 0 Å². The van der Waals surface area contributed by atoms with E-state index in [9.17, 15) is 4.79 Å². The van der Waals surface area contributed by atoms with Crippen molar-refractivity contribution in [3.63, 3.8) is 0 Å². The number of hydrogen-bond donors (Lipinski definition) is 0. The summed E-state index contributed by atoms with van der Waals surface area (Å²) in [6.07, 6.45) is 2.43. The smallest absolute Gasteiger partial charge is 0.155 e. The van der Waals surface area contributed by atoms with Gasteiger partial charge in [-0.15, -0.1) is 0 Å². The van der Waals surface area contributed by atoms with Gasteiger partial charge in [0.05, 0.1) is 18.2 Å². The van der Waals surface area contributed by atoms with E-state index in [4.69, 9.17) is 4.74 Å². The molecule has 2 rings (SSSR count). The predicted molar refractivity (Wildman–Crippen MR) is 53.7 cm³/mol. The first-order valence-electron chi connectivity index (χ1n) is 4.23. The first kappa shape index (κ1) is 8.69. The molecule has 0 radical (unpaired) electrons. The fourth-order valence-corrected chi connectivity index (χ4v) is 1.44. The van der Waals surface area contributed by atoms with Crippen LogP contribution in [0.1, 0.15) is 10.4 Å². The van der Waals surface area contributed by atoms with E-state index in [0.717, 1.165) is 11.7 Å². The molecule has 0 spiro atoms. The van der Waals surface area contributed by atoms with E-state index in [-0.39, 0.29) is 0 Å². The molecule has 0 aliphatic carbocycles. The second-order valence-electron chi connectivity index (χ2n) is 2.87. The number of nitrogens with zero attached hydrogens (tertiary/aromatic N) is 1. The maximum Gasteiger partial charge on any atom is 0.155 e.